The summed E-state index contributed by atoms with van der Waals surface area (Å²) in [7, 11) is 3.45. The topological polar surface area (TPSA) is 75.2 Å². The second-order valence-electron chi connectivity index (χ2n) is 6.80. The van der Waals surface area contributed by atoms with Gasteiger partial charge < -0.3 is 25.0 Å². The molecule has 1 aliphatic heterocycles. The number of rotatable bonds is 8. The molecule has 1 fully saturated rings. The van der Waals surface area contributed by atoms with Crippen molar-refractivity contribution in [1.82, 2.24) is 15.5 Å². The summed E-state index contributed by atoms with van der Waals surface area (Å²) in [5.74, 6) is 1.83. The average molecular weight is 569 g/mol. The van der Waals surface area contributed by atoms with Crippen LogP contribution in [0.5, 0.6) is 5.75 Å². The Balaban J connectivity index is 0.00000392. The molecule has 1 aliphatic rings. The van der Waals surface area contributed by atoms with Gasteiger partial charge in [0.2, 0.25) is 5.91 Å². The first-order valence-corrected chi connectivity index (χ1v) is 9.96. The molecule has 0 bridgehead atoms. The number of carbonyl (C=O) groups is 1. The van der Waals surface area contributed by atoms with Gasteiger partial charge in [0.1, 0.15) is 18.4 Å². The zero-order valence-electron chi connectivity index (χ0n) is 16.6. The van der Waals surface area contributed by atoms with Crippen molar-refractivity contribution in [2.75, 3.05) is 46.9 Å². The Morgan fingerprint density at radius 3 is 2.79 bits per heavy atom. The number of hydrogen-bond acceptors (Lipinski definition) is 4. The number of aliphatic imine (C=N–C) groups is 1. The van der Waals surface area contributed by atoms with E-state index in [4.69, 9.17) is 9.47 Å². The summed E-state index contributed by atoms with van der Waals surface area (Å²) < 4.78 is 12.3. The maximum absolute atomic E-state index is 11.8. The normalized spacial score (nSPS) is 17.4. The molecule has 28 heavy (non-hydrogen) atoms. The lowest BCUT2D eigenvalue weighted by Crippen LogP contribution is -2.44. The number of carbonyl (C=O) groups excluding carboxylic acids is 1. The van der Waals surface area contributed by atoms with Crippen LogP contribution in [0.15, 0.2) is 33.7 Å². The number of hydrogen-bond donors (Lipinski definition) is 2. The molecule has 9 heteroatoms. The first-order chi connectivity index (χ1) is 13.0. The van der Waals surface area contributed by atoms with E-state index in [0.717, 1.165) is 36.4 Å². The standard InChI is InChI=1S/C19H29BrN4O3.HI/c1-14(27-17-7-5-4-6-16(17)20)10-21-19(23-12-18(25)24(2)3)22-11-15-8-9-26-13-15;/h4-7,14-15H,8-13H2,1-3H3,(H2,21,22,23);1H. The molecule has 1 amide bonds. The first kappa shape index (κ1) is 25.0. The number of amides is 1. The maximum Gasteiger partial charge on any atom is 0.243 e. The van der Waals surface area contributed by atoms with Gasteiger partial charge in [0.25, 0.3) is 0 Å². The van der Waals surface area contributed by atoms with Crippen LogP contribution in [0.1, 0.15) is 13.3 Å². The lowest BCUT2D eigenvalue weighted by Gasteiger charge is -2.19. The van der Waals surface area contributed by atoms with E-state index in [1.165, 1.54) is 4.90 Å². The summed E-state index contributed by atoms with van der Waals surface area (Å²) in [6, 6.07) is 7.75. The molecule has 158 valence electrons. The van der Waals surface area contributed by atoms with Crippen LogP contribution in [0.2, 0.25) is 0 Å². The number of benzene rings is 1. The third kappa shape index (κ3) is 8.95. The largest absolute Gasteiger partial charge is 0.488 e. The van der Waals surface area contributed by atoms with Crippen molar-refractivity contribution >= 4 is 51.8 Å². The Labute approximate surface area is 192 Å². The Morgan fingerprint density at radius 1 is 1.39 bits per heavy atom. The highest BCUT2D eigenvalue weighted by atomic mass is 127. The molecule has 0 aromatic heterocycles. The third-order valence-corrected chi connectivity index (χ3v) is 4.83. The van der Waals surface area contributed by atoms with Crippen molar-refractivity contribution < 1.29 is 14.3 Å². The summed E-state index contributed by atoms with van der Waals surface area (Å²) >= 11 is 3.49. The second kappa shape index (κ2) is 13.2. The van der Waals surface area contributed by atoms with Crippen LogP contribution in [0, 0.1) is 5.92 Å². The molecule has 1 aromatic carbocycles. The van der Waals surface area contributed by atoms with Crippen LogP contribution in [-0.2, 0) is 9.53 Å². The average Bonchev–Trinajstić information content (AvgIpc) is 3.16. The Hall–Kier alpha value is -1.07. The predicted octanol–water partition coefficient (Wildman–Crippen LogP) is 2.49. The molecule has 2 atom stereocenters. The number of ether oxygens (including phenoxy) is 2. The van der Waals surface area contributed by atoms with E-state index in [1.807, 2.05) is 31.2 Å². The summed E-state index contributed by atoms with van der Waals surface area (Å²) in [5, 5.41) is 6.57. The van der Waals surface area contributed by atoms with Gasteiger partial charge in [-0.2, -0.15) is 0 Å². The molecule has 1 heterocycles. The van der Waals surface area contributed by atoms with E-state index in [2.05, 4.69) is 31.6 Å². The lowest BCUT2D eigenvalue weighted by molar-refractivity contribution is -0.127. The van der Waals surface area contributed by atoms with Gasteiger partial charge in [-0.05, 0) is 41.4 Å². The van der Waals surface area contributed by atoms with E-state index in [9.17, 15) is 4.79 Å². The lowest BCUT2D eigenvalue weighted by atomic mass is 10.1. The number of para-hydroxylation sites is 1. The molecular weight excluding hydrogens is 539 g/mol. The van der Waals surface area contributed by atoms with Crippen molar-refractivity contribution in [2.45, 2.75) is 19.4 Å². The molecule has 2 rings (SSSR count). The Morgan fingerprint density at radius 2 is 2.14 bits per heavy atom. The number of halogens is 2. The molecule has 2 unspecified atom stereocenters. The van der Waals surface area contributed by atoms with Crippen LogP contribution in [-0.4, -0.2) is 69.8 Å². The van der Waals surface area contributed by atoms with Gasteiger partial charge >= 0.3 is 0 Å². The van der Waals surface area contributed by atoms with Gasteiger partial charge in [-0.15, -0.1) is 24.0 Å². The van der Waals surface area contributed by atoms with Gasteiger partial charge in [0, 0.05) is 33.2 Å². The predicted molar refractivity (Wildman–Crippen MR) is 126 cm³/mol. The molecule has 0 radical (unpaired) electrons. The van der Waals surface area contributed by atoms with E-state index < -0.39 is 0 Å². The van der Waals surface area contributed by atoms with Crippen molar-refractivity contribution in [3.05, 3.63) is 28.7 Å². The van der Waals surface area contributed by atoms with Gasteiger partial charge in [-0.3, -0.25) is 4.79 Å². The zero-order chi connectivity index (χ0) is 19.6. The molecule has 2 N–H and O–H groups in total. The van der Waals surface area contributed by atoms with E-state index in [0.29, 0.717) is 18.4 Å². The van der Waals surface area contributed by atoms with Gasteiger partial charge in [0.15, 0.2) is 5.96 Å². The van der Waals surface area contributed by atoms with Crippen LogP contribution in [0.25, 0.3) is 0 Å². The smallest absolute Gasteiger partial charge is 0.243 e. The minimum Gasteiger partial charge on any atom is -0.488 e. The van der Waals surface area contributed by atoms with Crippen LogP contribution in [0.4, 0.5) is 0 Å². The number of nitrogens with one attached hydrogen (secondary N) is 2. The van der Waals surface area contributed by atoms with Crippen LogP contribution < -0.4 is 15.4 Å². The molecule has 0 saturated carbocycles. The van der Waals surface area contributed by atoms with E-state index >= 15 is 0 Å². The Kier molecular flexibility index (Phi) is 11.8. The molecule has 1 saturated heterocycles. The first-order valence-electron chi connectivity index (χ1n) is 9.17. The van der Waals surface area contributed by atoms with Crippen molar-refractivity contribution in [2.24, 2.45) is 10.9 Å². The maximum atomic E-state index is 11.8. The third-order valence-electron chi connectivity index (χ3n) is 4.18. The fourth-order valence-electron chi connectivity index (χ4n) is 2.49. The minimum atomic E-state index is -0.0740. The van der Waals surface area contributed by atoms with E-state index in [1.54, 1.807) is 14.1 Å². The van der Waals surface area contributed by atoms with E-state index in [-0.39, 0.29) is 42.5 Å². The fraction of sp³-hybridized carbons (Fsp3) is 0.579. The number of likely N-dealkylation sites (N-methyl/N-ethyl adjacent to an activating group) is 1. The highest BCUT2D eigenvalue weighted by Crippen LogP contribution is 2.24. The monoisotopic (exact) mass is 568 g/mol. The summed E-state index contributed by atoms with van der Waals surface area (Å²) in [6.07, 6.45) is 0.966. The molecule has 0 spiro atoms. The van der Waals surface area contributed by atoms with Crippen molar-refractivity contribution in [1.29, 1.82) is 0 Å². The molecular formula is C19H30BrIN4O3. The highest BCUT2D eigenvalue weighted by molar-refractivity contribution is 14.0. The Bertz CT molecular complexity index is 639. The zero-order valence-corrected chi connectivity index (χ0v) is 20.5. The molecule has 1 aromatic rings. The fourth-order valence-corrected chi connectivity index (χ4v) is 2.87. The van der Waals surface area contributed by atoms with Crippen LogP contribution in [0.3, 0.4) is 0 Å². The number of nitrogens with zero attached hydrogens (tertiary/aromatic N) is 2. The van der Waals surface area contributed by atoms with Gasteiger partial charge in [0.05, 0.1) is 17.6 Å². The summed E-state index contributed by atoms with van der Waals surface area (Å²) in [5.41, 5.74) is 0. The van der Waals surface area contributed by atoms with Gasteiger partial charge in [-0.25, -0.2) is 4.99 Å². The SMILES string of the molecule is CC(CNC(=NCC(=O)N(C)C)NCC1CCOC1)Oc1ccccc1Br.I. The van der Waals surface area contributed by atoms with Gasteiger partial charge in [-0.1, -0.05) is 12.1 Å². The summed E-state index contributed by atoms with van der Waals surface area (Å²) in [4.78, 5) is 17.8. The summed E-state index contributed by atoms with van der Waals surface area (Å²) in [6.45, 7) is 4.98. The second-order valence-corrected chi connectivity index (χ2v) is 7.66. The van der Waals surface area contributed by atoms with Crippen molar-refractivity contribution in [3.8, 4) is 5.75 Å². The van der Waals surface area contributed by atoms with Crippen molar-refractivity contribution in [3.63, 3.8) is 0 Å². The minimum absolute atomic E-state index is 0. The quantitative estimate of drug-likeness (QED) is 0.286. The molecule has 7 nitrogen and oxygen atoms in total. The number of guanidine groups is 1. The highest BCUT2D eigenvalue weighted by Gasteiger charge is 2.16. The molecule has 0 aliphatic carbocycles. The van der Waals surface area contributed by atoms with Crippen LogP contribution >= 0.6 is 39.9 Å².